The lowest BCUT2D eigenvalue weighted by Crippen LogP contribution is -2.53. The first-order chi connectivity index (χ1) is 19.5. The minimum atomic E-state index is -0.529. The number of carbonyl (C=O) groups is 1. The molecule has 40 heavy (non-hydrogen) atoms. The predicted molar refractivity (Wildman–Crippen MR) is 172 cm³/mol. The molecule has 0 saturated carbocycles. The van der Waals surface area contributed by atoms with Crippen LogP contribution in [-0.2, 0) is 0 Å². The first-order valence-electron chi connectivity index (χ1n) is 16.6. The Bertz CT molecular complexity index is 911. The summed E-state index contributed by atoms with van der Waals surface area (Å²) in [4.78, 5) is 13.3. The smallest absolute Gasteiger partial charge is 0.196 e. The Labute approximate surface area is 246 Å². The van der Waals surface area contributed by atoms with Crippen LogP contribution >= 0.6 is 0 Å². The second-order valence-electron chi connectivity index (χ2n) is 12.0. The highest BCUT2D eigenvalue weighted by Gasteiger charge is 2.33. The molecule has 0 fully saturated rings. The van der Waals surface area contributed by atoms with Crippen molar-refractivity contribution in [3.63, 3.8) is 0 Å². The molecule has 0 aliphatic rings. The molecule has 0 aliphatic carbocycles. The number of carbonyl (C=O) groups excluding carboxylic acids is 1. The van der Waals surface area contributed by atoms with Crippen LogP contribution in [0.2, 0.25) is 0 Å². The lowest BCUT2D eigenvalue weighted by molar-refractivity contribution is -0.00514. The van der Waals surface area contributed by atoms with Crippen LogP contribution in [0.1, 0.15) is 153 Å². The average Bonchev–Trinajstić information content (AvgIpc) is 2.97. The van der Waals surface area contributed by atoms with Gasteiger partial charge in [-0.1, -0.05) is 160 Å². The molecule has 2 aromatic carbocycles. The maximum Gasteiger partial charge on any atom is 0.196 e. The van der Waals surface area contributed by atoms with Crippen molar-refractivity contribution in [1.82, 2.24) is 5.32 Å². The van der Waals surface area contributed by atoms with E-state index in [1.54, 1.807) is 0 Å². The van der Waals surface area contributed by atoms with Crippen LogP contribution in [0.3, 0.4) is 0 Å². The molecule has 0 spiro atoms. The molecule has 2 aromatic rings. The summed E-state index contributed by atoms with van der Waals surface area (Å²) in [5.74, 6) is 0.990. The summed E-state index contributed by atoms with van der Waals surface area (Å²) in [6, 6.07) is 17.2. The monoisotopic (exact) mass is 549 g/mol. The highest BCUT2D eigenvalue weighted by atomic mass is 16.5. The lowest BCUT2D eigenvalue weighted by atomic mass is 9.91. The molecule has 2 atom stereocenters. The van der Waals surface area contributed by atoms with Gasteiger partial charge in [-0.3, -0.25) is 10.1 Å². The van der Waals surface area contributed by atoms with E-state index in [-0.39, 0.29) is 5.78 Å². The van der Waals surface area contributed by atoms with Crippen LogP contribution < -0.4 is 10.1 Å². The molecular weight excluding hydrogens is 490 g/mol. The largest absolute Gasteiger partial charge is 0.472 e. The summed E-state index contributed by atoms with van der Waals surface area (Å²) in [7, 11) is 0. The topological polar surface area (TPSA) is 38.3 Å². The molecular formula is C37H59NO2. The molecule has 3 nitrogen and oxygen atoms in total. The third-order valence-electron chi connectivity index (χ3n) is 8.43. The zero-order chi connectivity index (χ0) is 28.9. The van der Waals surface area contributed by atoms with Crippen molar-refractivity contribution in [3.8, 4) is 5.75 Å². The van der Waals surface area contributed by atoms with E-state index in [4.69, 9.17) is 4.74 Å². The van der Waals surface area contributed by atoms with Crippen LogP contribution in [0.5, 0.6) is 5.75 Å². The highest BCUT2D eigenvalue weighted by Crippen LogP contribution is 2.31. The van der Waals surface area contributed by atoms with E-state index >= 15 is 0 Å². The summed E-state index contributed by atoms with van der Waals surface area (Å²) in [6.07, 6.45) is 22.7. The molecule has 0 aromatic heterocycles. The fraction of sp³-hybridized carbons (Fsp3) is 0.649. The maximum atomic E-state index is 13.3. The van der Waals surface area contributed by atoms with Gasteiger partial charge in [0.25, 0.3) is 0 Å². The quantitative estimate of drug-likeness (QED) is 0.0804. The van der Waals surface area contributed by atoms with Gasteiger partial charge in [0.2, 0.25) is 0 Å². The van der Waals surface area contributed by atoms with E-state index in [0.29, 0.717) is 22.8 Å². The van der Waals surface area contributed by atoms with Crippen LogP contribution in [-0.4, -0.2) is 18.1 Å². The van der Waals surface area contributed by atoms with Gasteiger partial charge in [0.15, 0.2) is 11.5 Å². The number of ether oxygens (including phenoxy) is 1. The zero-order valence-electron chi connectivity index (χ0n) is 26.3. The van der Waals surface area contributed by atoms with Crippen molar-refractivity contribution in [3.05, 3.63) is 65.7 Å². The van der Waals surface area contributed by atoms with Gasteiger partial charge >= 0.3 is 0 Å². The maximum absolute atomic E-state index is 13.3. The summed E-state index contributed by atoms with van der Waals surface area (Å²) >= 11 is 0. The summed E-state index contributed by atoms with van der Waals surface area (Å²) in [5.41, 5.74) is 0.786. The third kappa shape index (κ3) is 13.0. The standard InChI is InChI=1S/C37H59NO2/c1-5-7-9-10-11-12-13-14-15-16-17-18-19-21-26-32(3)37(4,38-31-8-6-2)40-35-30-25-24-29-34(35)36(39)33-27-22-20-23-28-33/h20,22-25,27-30,32,38H,5-19,21,26,31H2,1-4H3. The molecule has 0 bridgehead atoms. The molecule has 224 valence electrons. The second-order valence-corrected chi connectivity index (χ2v) is 12.0. The van der Waals surface area contributed by atoms with Gasteiger partial charge in [0.1, 0.15) is 5.75 Å². The van der Waals surface area contributed by atoms with Gasteiger partial charge in [-0.15, -0.1) is 0 Å². The summed E-state index contributed by atoms with van der Waals surface area (Å²) in [5, 5.41) is 3.72. The number of hydrogen-bond acceptors (Lipinski definition) is 3. The Morgan fingerprint density at radius 1 is 0.700 bits per heavy atom. The molecule has 1 N–H and O–H groups in total. The molecule has 3 heteroatoms. The van der Waals surface area contributed by atoms with E-state index in [9.17, 15) is 4.79 Å². The highest BCUT2D eigenvalue weighted by molar-refractivity contribution is 6.10. The van der Waals surface area contributed by atoms with Crippen molar-refractivity contribution < 1.29 is 9.53 Å². The Morgan fingerprint density at radius 2 is 1.20 bits per heavy atom. The molecule has 0 radical (unpaired) electrons. The average molecular weight is 550 g/mol. The molecule has 0 saturated heterocycles. The van der Waals surface area contributed by atoms with Gasteiger partial charge in [0, 0.05) is 11.5 Å². The summed E-state index contributed by atoms with van der Waals surface area (Å²) < 4.78 is 6.72. The second kappa shape index (κ2) is 20.7. The van der Waals surface area contributed by atoms with E-state index in [2.05, 4.69) is 33.0 Å². The molecule has 2 rings (SSSR count). The number of benzene rings is 2. The van der Waals surface area contributed by atoms with E-state index in [1.807, 2.05) is 54.6 Å². The number of para-hydroxylation sites is 1. The fourth-order valence-electron chi connectivity index (χ4n) is 5.46. The first-order valence-corrected chi connectivity index (χ1v) is 16.6. The number of ketones is 1. The van der Waals surface area contributed by atoms with Crippen molar-refractivity contribution in [2.45, 2.75) is 143 Å². The summed E-state index contributed by atoms with van der Waals surface area (Å²) in [6.45, 7) is 9.87. The van der Waals surface area contributed by atoms with E-state index in [1.165, 1.54) is 89.9 Å². The van der Waals surface area contributed by atoms with Crippen LogP contribution in [0.25, 0.3) is 0 Å². The number of rotatable bonds is 24. The van der Waals surface area contributed by atoms with Gasteiger partial charge < -0.3 is 4.74 Å². The Morgan fingerprint density at radius 3 is 1.77 bits per heavy atom. The van der Waals surface area contributed by atoms with Crippen LogP contribution in [0.4, 0.5) is 0 Å². The van der Waals surface area contributed by atoms with Gasteiger partial charge in [-0.05, 0) is 38.4 Å². The van der Waals surface area contributed by atoms with Crippen LogP contribution in [0, 0.1) is 5.92 Å². The Balaban J connectivity index is 1.80. The predicted octanol–water partition coefficient (Wildman–Crippen LogP) is 10.9. The molecule has 0 aliphatic heterocycles. The molecule has 2 unspecified atom stereocenters. The zero-order valence-corrected chi connectivity index (χ0v) is 26.3. The van der Waals surface area contributed by atoms with E-state index < -0.39 is 5.72 Å². The lowest BCUT2D eigenvalue weighted by Gasteiger charge is -2.38. The van der Waals surface area contributed by atoms with Crippen molar-refractivity contribution in [1.29, 1.82) is 0 Å². The van der Waals surface area contributed by atoms with Crippen molar-refractivity contribution in [2.24, 2.45) is 5.92 Å². The first kappa shape index (κ1) is 34.1. The number of hydrogen-bond donors (Lipinski definition) is 1. The van der Waals surface area contributed by atoms with E-state index in [0.717, 1.165) is 25.8 Å². The minimum absolute atomic E-state index is 0.00624. The van der Waals surface area contributed by atoms with Gasteiger partial charge in [-0.25, -0.2) is 0 Å². The SMILES string of the molecule is CCCCCCCCCCCCCCCCC(C)C(C)(NCCCC)Oc1ccccc1C(=O)c1ccccc1. The third-order valence-corrected chi connectivity index (χ3v) is 8.43. The fourth-order valence-corrected chi connectivity index (χ4v) is 5.46. The Kier molecular flexibility index (Phi) is 17.6. The van der Waals surface area contributed by atoms with Gasteiger partial charge in [-0.2, -0.15) is 0 Å². The number of nitrogens with one attached hydrogen (secondary N) is 1. The Hall–Kier alpha value is -2.13. The van der Waals surface area contributed by atoms with Gasteiger partial charge in [0.05, 0.1) is 5.56 Å². The molecule has 0 amide bonds. The van der Waals surface area contributed by atoms with Crippen molar-refractivity contribution in [2.75, 3.05) is 6.54 Å². The van der Waals surface area contributed by atoms with Crippen molar-refractivity contribution >= 4 is 5.78 Å². The normalized spacial score (nSPS) is 13.6. The molecule has 0 heterocycles. The van der Waals surface area contributed by atoms with Crippen LogP contribution in [0.15, 0.2) is 54.6 Å². The number of unbranched alkanes of at least 4 members (excludes halogenated alkanes) is 14. The minimum Gasteiger partial charge on any atom is -0.472 e.